The van der Waals surface area contributed by atoms with E-state index in [2.05, 4.69) is 0 Å². The number of hydrogen-bond acceptors (Lipinski definition) is 4. The van der Waals surface area contributed by atoms with Gasteiger partial charge in [0.25, 0.3) is 0 Å². The van der Waals surface area contributed by atoms with Gasteiger partial charge in [-0.15, -0.1) is 0 Å². The van der Waals surface area contributed by atoms with E-state index in [1.54, 1.807) is 36.2 Å². The lowest BCUT2D eigenvalue weighted by Gasteiger charge is -2.33. The minimum absolute atomic E-state index is 0.000268. The van der Waals surface area contributed by atoms with Crippen LogP contribution in [0, 0.1) is 11.8 Å². The van der Waals surface area contributed by atoms with E-state index in [1.807, 2.05) is 11.0 Å². The highest BCUT2D eigenvalue weighted by Crippen LogP contribution is 2.25. The highest BCUT2D eigenvalue weighted by Gasteiger charge is 2.38. The van der Waals surface area contributed by atoms with E-state index in [-0.39, 0.29) is 36.0 Å². The van der Waals surface area contributed by atoms with Gasteiger partial charge in [0, 0.05) is 46.1 Å². The van der Waals surface area contributed by atoms with Crippen LogP contribution in [0.1, 0.15) is 25.0 Å². The van der Waals surface area contributed by atoms with E-state index >= 15 is 0 Å². The van der Waals surface area contributed by atoms with E-state index in [1.165, 1.54) is 0 Å². The zero-order chi connectivity index (χ0) is 18.0. The highest BCUT2D eigenvalue weighted by atomic mass is 16.3. The fourth-order valence-corrected chi connectivity index (χ4v) is 3.65. The number of piperidine rings is 1. The molecular weight excluding hydrogens is 322 g/mol. The molecule has 0 N–H and O–H groups in total. The molecule has 0 saturated carbocycles. The Morgan fingerprint density at radius 3 is 2.56 bits per heavy atom. The maximum Gasteiger partial charge on any atom is 0.227 e. The van der Waals surface area contributed by atoms with Crippen molar-refractivity contribution in [1.29, 1.82) is 0 Å². The van der Waals surface area contributed by atoms with Crippen LogP contribution in [0.2, 0.25) is 0 Å². The van der Waals surface area contributed by atoms with Gasteiger partial charge >= 0.3 is 0 Å². The van der Waals surface area contributed by atoms with Crippen LogP contribution in [0.25, 0.3) is 0 Å². The van der Waals surface area contributed by atoms with Crippen LogP contribution < -0.4 is 0 Å². The first-order valence-electron chi connectivity index (χ1n) is 8.76. The minimum Gasteiger partial charge on any atom is -0.467 e. The maximum absolute atomic E-state index is 12.7. The quantitative estimate of drug-likeness (QED) is 0.813. The van der Waals surface area contributed by atoms with Gasteiger partial charge < -0.3 is 19.1 Å². The molecule has 25 heavy (non-hydrogen) atoms. The van der Waals surface area contributed by atoms with E-state index in [9.17, 15) is 14.4 Å². The predicted octanol–water partition coefficient (Wildman–Crippen LogP) is 0.955. The molecule has 3 heterocycles. The summed E-state index contributed by atoms with van der Waals surface area (Å²) in [6, 6.07) is 3.62. The Balaban J connectivity index is 1.52. The van der Waals surface area contributed by atoms with Crippen molar-refractivity contribution >= 4 is 17.7 Å². The van der Waals surface area contributed by atoms with E-state index in [4.69, 9.17) is 4.42 Å². The molecule has 3 amide bonds. The normalized spacial score (nSPS) is 21.7. The summed E-state index contributed by atoms with van der Waals surface area (Å²) in [7, 11) is 3.52. The third-order valence-corrected chi connectivity index (χ3v) is 5.09. The van der Waals surface area contributed by atoms with Gasteiger partial charge in [0.05, 0.1) is 18.7 Å². The summed E-state index contributed by atoms with van der Waals surface area (Å²) in [5.41, 5.74) is 0. The molecule has 7 heteroatoms. The molecule has 0 aromatic carbocycles. The van der Waals surface area contributed by atoms with Crippen LogP contribution >= 0.6 is 0 Å². The van der Waals surface area contributed by atoms with Crippen molar-refractivity contribution in [3.8, 4) is 0 Å². The van der Waals surface area contributed by atoms with Gasteiger partial charge in [-0.2, -0.15) is 0 Å². The lowest BCUT2D eigenvalue weighted by molar-refractivity contribution is -0.141. The monoisotopic (exact) mass is 347 g/mol. The Hall–Kier alpha value is -2.31. The Kier molecular flexibility index (Phi) is 5.11. The molecule has 3 rings (SSSR count). The third-order valence-electron chi connectivity index (χ3n) is 5.09. The molecule has 2 aliphatic heterocycles. The first-order valence-corrected chi connectivity index (χ1v) is 8.76. The summed E-state index contributed by atoms with van der Waals surface area (Å²) in [5.74, 6) is 0.596. The molecule has 7 nitrogen and oxygen atoms in total. The molecule has 136 valence electrons. The van der Waals surface area contributed by atoms with Crippen LogP contribution in [0.4, 0.5) is 0 Å². The van der Waals surface area contributed by atoms with Gasteiger partial charge in [-0.3, -0.25) is 14.4 Å². The Morgan fingerprint density at radius 2 is 1.96 bits per heavy atom. The van der Waals surface area contributed by atoms with Gasteiger partial charge in [-0.05, 0) is 25.0 Å². The summed E-state index contributed by atoms with van der Waals surface area (Å²) in [6.45, 7) is 2.03. The predicted molar refractivity (Wildman–Crippen MR) is 90.2 cm³/mol. The number of rotatable bonds is 4. The lowest BCUT2D eigenvalue weighted by atomic mass is 9.94. The standard InChI is InChI=1S/C18H25N3O4/c1-19(2)17(23)13-5-7-20(8-6-13)18(24)14-10-16(22)21(11-14)12-15-4-3-9-25-15/h3-4,9,13-14H,5-8,10-12H2,1-2H3. The van der Waals surface area contributed by atoms with Gasteiger partial charge in [0.15, 0.2) is 0 Å². The fourth-order valence-electron chi connectivity index (χ4n) is 3.65. The van der Waals surface area contributed by atoms with E-state index in [0.717, 1.165) is 5.76 Å². The molecule has 0 radical (unpaired) electrons. The molecule has 0 bridgehead atoms. The molecule has 0 aliphatic carbocycles. The van der Waals surface area contributed by atoms with Crippen molar-refractivity contribution < 1.29 is 18.8 Å². The number of nitrogens with zero attached hydrogens (tertiary/aromatic N) is 3. The molecule has 1 atom stereocenters. The minimum atomic E-state index is -0.288. The topological polar surface area (TPSA) is 74.1 Å². The second kappa shape index (κ2) is 7.29. The first-order chi connectivity index (χ1) is 12.0. The van der Waals surface area contributed by atoms with Crippen LogP contribution in [-0.2, 0) is 20.9 Å². The second-order valence-corrected chi connectivity index (χ2v) is 7.09. The van der Waals surface area contributed by atoms with Gasteiger partial charge in [0.2, 0.25) is 17.7 Å². The molecular formula is C18H25N3O4. The molecule has 1 unspecified atom stereocenters. The second-order valence-electron chi connectivity index (χ2n) is 7.09. The molecule has 1 aromatic heterocycles. The fraction of sp³-hybridized carbons (Fsp3) is 0.611. The number of carbonyl (C=O) groups is 3. The summed E-state index contributed by atoms with van der Waals surface area (Å²) in [5, 5.41) is 0. The Morgan fingerprint density at radius 1 is 1.24 bits per heavy atom. The first kappa shape index (κ1) is 17.5. The Labute approximate surface area is 147 Å². The van der Waals surface area contributed by atoms with Crippen molar-refractivity contribution in [1.82, 2.24) is 14.7 Å². The van der Waals surface area contributed by atoms with Gasteiger partial charge in [-0.1, -0.05) is 0 Å². The third kappa shape index (κ3) is 3.86. The average molecular weight is 347 g/mol. The number of hydrogen-bond donors (Lipinski definition) is 0. The number of carbonyl (C=O) groups excluding carboxylic acids is 3. The van der Waals surface area contributed by atoms with Gasteiger partial charge in [-0.25, -0.2) is 0 Å². The van der Waals surface area contributed by atoms with Gasteiger partial charge in [0.1, 0.15) is 5.76 Å². The number of likely N-dealkylation sites (tertiary alicyclic amines) is 2. The van der Waals surface area contributed by atoms with Crippen LogP contribution in [-0.4, -0.2) is 66.2 Å². The van der Waals surface area contributed by atoms with Crippen molar-refractivity contribution in [2.45, 2.75) is 25.8 Å². The Bertz CT molecular complexity index is 633. The zero-order valence-electron chi connectivity index (χ0n) is 14.8. The van der Waals surface area contributed by atoms with Crippen LogP contribution in [0.3, 0.4) is 0 Å². The largest absolute Gasteiger partial charge is 0.467 e. The van der Waals surface area contributed by atoms with Crippen molar-refractivity contribution in [3.05, 3.63) is 24.2 Å². The number of furan rings is 1. The van der Waals surface area contributed by atoms with Crippen LogP contribution in [0.5, 0.6) is 0 Å². The average Bonchev–Trinajstić information content (AvgIpc) is 3.24. The van der Waals surface area contributed by atoms with Crippen molar-refractivity contribution in [2.24, 2.45) is 11.8 Å². The van der Waals surface area contributed by atoms with E-state index < -0.39 is 0 Å². The summed E-state index contributed by atoms with van der Waals surface area (Å²) < 4.78 is 5.28. The van der Waals surface area contributed by atoms with Crippen LogP contribution in [0.15, 0.2) is 22.8 Å². The summed E-state index contributed by atoms with van der Waals surface area (Å²) >= 11 is 0. The number of amides is 3. The summed E-state index contributed by atoms with van der Waals surface area (Å²) in [6.07, 6.45) is 3.23. The molecule has 2 saturated heterocycles. The smallest absolute Gasteiger partial charge is 0.227 e. The SMILES string of the molecule is CN(C)C(=O)C1CCN(C(=O)C2CC(=O)N(Cc3ccco3)C2)CC1. The van der Waals surface area contributed by atoms with Crippen molar-refractivity contribution in [3.63, 3.8) is 0 Å². The zero-order valence-corrected chi connectivity index (χ0v) is 14.8. The molecule has 1 aromatic rings. The lowest BCUT2D eigenvalue weighted by Crippen LogP contribution is -2.45. The van der Waals surface area contributed by atoms with Crippen molar-refractivity contribution in [2.75, 3.05) is 33.7 Å². The molecule has 2 fully saturated rings. The molecule has 0 spiro atoms. The summed E-state index contributed by atoms with van der Waals surface area (Å²) in [4.78, 5) is 42.1. The molecule has 2 aliphatic rings. The van der Waals surface area contributed by atoms with E-state index in [0.29, 0.717) is 39.0 Å². The highest BCUT2D eigenvalue weighted by molar-refractivity contribution is 5.89. The maximum atomic E-state index is 12.7.